The third kappa shape index (κ3) is 4.96. The topological polar surface area (TPSA) is 72.4 Å². The van der Waals surface area contributed by atoms with Gasteiger partial charge in [-0.2, -0.15) is 0 Å². The van der Waals surface area contributed by atoms with Crippen LogP contribution in [0.2, 0.25) is 0 Å². The summed E-state index contributed by atoms with van der Waals surface area (Å²) >= 11 is 0. The zero-order valence-corrected chi connectivity index (χ0v) is 17.2. The van der Waals surface area contributed by atoms with E-state index in [0.717, 1.165) is 28.9 Å². The molecule has 0 bridgehead atoms. The third-order valence-electron chi connectivity index (χ3n) is 4.91. The van der Waals surface area contributed by atoms with E-state index in [1.807, 2.05) is 26.0 Å². The van der Waals surface area contributed by atoms with Crippen LogP contribution in [0.1, 0.15) is 39.8 Å². The van der Waals surface area contributed by atoms with Crippen LogP contribution < -0.4 is 0 Å². The number of esters is 1. The van der Waals surface area contributed by atoms with Crippen molar-refractivity contribution in [3.63, 3.8) is 0 Å². The Morgan fingerprint density at radius 2 is 1.55 bits per heavy atom. The molecule has 0 N–H and O–H groups in total. The van der Waals surface area contributed by atoms with Gasteiger partial charge in [0.15, 0.2) is 6.61 Å². The molecule has 0 aliphatic rings. The number of amides is 1. The van der Waals surface area contributed by atoms with E-state index in [2.05, 4.69) is 29.0 Å². The number of likely N-dealkylation sites (N-methyl/N-ethyl adjacent to an activating group) is 1. The molecular formula is C23H25N3O3. The lowest BCUT2D eigenvalue weighted by atomic mass is 10.1. The largest absolute Gasteiger partial charge is 0.452 e. The normalized spacial score (nSPS) is 10.8. The van der Waals surface area contributed by atoms with Gasteiger partial charge in [-0.15, -0.1) is 0 Å². The molecule has 6 heteroatoms. The molecule has 0 saturated heterocycles. The summed E-state index contributed by atoms with van der Waals surface area (Å²) in [7, 11) is 1.70. The fourth-order valence-corrected chi connectivity index (χ4v) is 2.92. The first kappa shape index (κ1) is 20.5. The van der Waals surface area contributed by atoms with Crippen molar-refractivity contribution in [3.8, 4) is 0 Å². The van der Waals surface area contributed by atoms with Crippen LogP contribution >= 0.6 is 0 Å². The highest BCUT2D eigenvalue weighted by Gasteiger charge is 2.15. The van der Waals surface area contributed by atoms with Gasteiger partial charge in [0.05, 0.1) is 28.0 Å². The number of ether oxygens (including phenoxy) is 1. The zero-order valence-electron chi connectivity index (χ0n) is 17.2. The van der Waals surface area contributed by atoms with E-state index in [1.54, 1.807) is 30.1 Å². The smallest absolute Gasteiger partial charge is 0.338 e. The summed E-state index contributed by atoms with van der Waals surface area (Å²) in [5.74, 6) is -0.814. The lowest BCUT2D eigenvalue weighted by Crippen LogP contribution is -2.30. The molecule has 3 rings (SSSR count). The molecule has 0 radical (unpaired) electrons. The number of aryl methyl sites for hydroxylation is 3. The Balaban J connectivity index is 1.59. The second kappa shape index (κ2) is 8.82. The Labute approximate surface area is 170 Å². The molecule has 1 aromatic heterocycles. The quantitative estimate of drug-likeness (QED) is 0.600. The Bertz CT molecular complexity index is 1050. The minimum absolute atomic E-state index is 0.259. The van der Waals surface area contributed by atoms with E-state index in [0.29, 0.717) is 17.6 Å². The molecule has 0 aliphatic carbocycles. The monoisotopic (exact) mass is 391 g/mol. The van der Waals surface area contributed by atoms with Crippen molar-refractivity contribution >= 4 is 22.9 Å². The molecular weight excluding hydrogens is 366 g/mol. The SMILES string of the molecule is CCc1ccc(CN(C)C(=O)COC(=O)c2ccc3nc(C)c(C)nc3c2)cc1. The Kier molecular flexibility index (Phi) is 6.22. The molecule has 2 aromatic carbocycles. The number of carbonyl (C=O) groups excluding carboxylic acids is 2. The first-order valence-electron chi connectivity index (χ1n) is 9.61. The fraction of sp³-hybridized carbons (Fsp3) is 0.304. The fourth-order valence-electron chi connectivity index (χ4n) is 2.92. The van der Waals surface area contributed by atoms with Crippen LogP contribution in [0.5, 0.6) is 0 Å². The van der Waals surface area contributed by atoms with Crippen molar-refractivity contribution in [1.82, 2.24) is 14.9 Å². The Hall–Kier alpha value is -3.28. The second-order valence-electron chi connectivity index (χ2n) is 7.09. The third-order valence-corrected chi connectivity index (χ3v) is 4.91. The summed E-state index contributed by atoms with van der Waals surface area (Å²) in [5, 5.41) is 0. The number of benzene rings is 2. The zero-order chi connectivity index (χ0) is 21.0. The Morgan fingerprint density at radius 1 is 0.931 bits per heavy atom. The molecule has 29 heavy (non-hydrogen) atoms. The van der Waals surface area contributed by atoms with Gasteiger partial charge in [-0.3, -0.25) is 4.79 Å². The van der Waals surface area contributed by atoms with Gasteiger partial charge in [-0.25, -0.2) is 14.8 Å². The molecule has 0 saturated carbocycles. The van der Waals surface area contributed by atoms with Crippen molar-refractivity contribution in [2.75, 3.05) is 13.7 Å². The van der Waals surface area contributed by atoms with Crippen molar-refractivity contribution in [1.29, 1.82) is 0 Å². The molecule has 150 valence electrons. The maximum atomic E-state index is 12.4. The summed E-state index contributed by atoms with van der Waals surface area (Å²) in [6.07, 6.45) is 0.977. The highest BCUT2D eigenvalue weighted by Crippen LogP contribution is 2.15. The van der Waals surface area contributed by atoms with Crippen molar-refractivity contribution in [3.05, 3.63) is 70.5 Å². The molecule has 0 unspecified atom stereocenters. The van der Waals surface area contributed by atoms with Crippen molar-refractivity contribution in [2.24, 2.45) is 0 Å². The molecule has 0 atom stereocenters. The molecule has 6 nitrogen and oxygen atoms in total. The first-order valence-corrected chi connectivity index (χ1v) is 9.61. The molecule has 0 aliphatic heterocycles. The molecule has 0 spiro atoms. The number of aromatic nitrogens is 2. The van der Waals surface area contributed by atoms with Crippen LogP contribution in [0.25, 0.3) is 11.0 Å². The van der Waals surface area contributed by atoms with Gasteiger partial charge in [0, 0.05) is 13.6 Å². The summed E-state index contributed by atoms with van der Waals surface area (Å²) < 4.78 is 5.21. The second-order valence-corrected chi connectivity index (χ2v) is 7.09. The summed E-state index contributed by atoms with van der Waals surface area (Å²) in [6.45, 7) is 6.02. The van der Waals surface area contributed by atoms with E-state index in [-0.39, 0.29) is 12.5 Å². The van der Waals surface area contributed by atoms with E-state index in [4.69, 9.17) is 4.74 Å². The number of fused-ring (bicyclic) bond motifs is 1. The maximum absolute atomic E-state index is 12.4. The van der Waals surface area contributed by atoms with Crippen molar-refractivity contribution in [2.45, 2.75) is 33.7 Å². The maximum Gasteiger partial charge on any atom is 0.338 e. The van der Waals surface area contributed by atoms with Crippen LogP contribution in [0.4, 0.5) is 0 Å². The number of hydrogen-bond donors (Lipinski definition) is 0. The van der Waals surface area contributed by atoms with Crippen LogP contribution in [0.3, 0.4) is 0 Å². The minimum Gasteiger partial charge on any atom is -0.452 e. The summed E-state index contributed by atoms with van der Waals surface area (Å²) in [6, 6.07) is 13.1. The standard InChI is InChI=1S/C23H25N3O3/c1-5-17-6-8-18(9-7-17)13-26(4)22(27)14-29-23(28)19-10-11-20-21(12-19)25-16(3)15(2)24-20/h6-12H,5,13-14H2,1-4H3. The van der Waals surface area contributed by atoms with Crippen LogP contribution in [0.15, 0.2) is 42.5 Å². The van der Waals surface area contributed by atoms with E-state index < -0.39 is 5.97 Å². The van der Waals surface area contributed by atoms with Gasteiger partial charge in [0.25, 0.3) is 5.91 Å². The lowest BCUT2D eigenvalue weighted by Gasteiger charge is -2.17. The van der Waals surface area contributed by atoms with Crippen LogP contribution in [-0.4, -0.2) is 40.4 Å². The highest BCUT2D eigenvalue weighted by atomic mass is 16.5. The van der Waals surface area contributed by atoms with Gasteiger partial charge in [-0.1, -0.05) is 31.2 Å². The lowest BCUT2D eigenvalue weighted by molar-refractivity contribution is -0.133. The van der Waals surface area contributed by atoms with E-state index in [1.165, 1.54) is 5.56 Å². The van der Waals surface area contributed by atoms with Gasteiger partial charge in [-0.05, 0) is 49.6 Å². The van der Waals surface area contributed by atoms with Crippen LogP contribution in [-0.2, 0) is 22.5 Å². The predicted molar refractivity (Wildman–Crippen MR) is 112 cm³/mol. The highest BCUT2D eigenvalue weighted by molar-refractivity contribution is 5.94. The Morgan fingerprint density at radius 3 is 2.21 bits per heavy atom. The average Bonchev–Trinajstić information content (AvgIpc) is 2.72. The molecule has 0 fully saturated rings. The van der Waals surface area contributed by atoms with Crippen molar-refractivity contribution < 1.29 is 14.3 Å². The minimum atomic E-state index is -0.555. The molecule has 3 aromatic rings. The summed E-state index contributed by atoms with van der Waals surface area (Å²) in [4.78, 5) is 35.1. The van der Waals surface area contributed by atoms with E-state index in [9.17, 15) is 9.59 Å². The number of nitrogens with zero attached hydrogens (tertiary/aromatic N) is 3. The number of carbonyl (C=O) groups is 2. The summed E-state index contributed by atoms with van der Waals surface area (Å²) in [5.41, 5.74) is 5.64. The average molecular weight is 391 g/mol. The number of rotatable bonds is 6. The van der Waals surface area contributed by atoms with Gasteiger partial charge >= 0.3 is 5.97 Å². The van der Waals surface area contributed by atoms with Crippen LogP contribution in [0, 0.1) is 13.8 Å². The number of hydrogen-bond acceptors (Lipinski definition) is 5. The first-order chi connectivity index (χ1) is 13.9. The molecule has 1 heterocycles. The van der Waals surface area contributed by atoms with Gasteiger partial charge < -0.3 is 9.64 Å². The van der Waals surface area contributed by atoms with E-state index >= 15 is 0 Å². The molecule has 1 amide bonds. The predicted octanol–water partition coefficient (Wildman–Crippen LogP) is 3.62. The van der Waals surface area contributed by atoms with Gasteiger partial charge in [0.2, 0.25) is 0 Å². The van der Waals surface area contributed by atoms with Gasteiger partial charge in [0.1, 0.15) is 0 Å².